The Labute approximate surface area is 184 Å². The molecule has 0 spiro atoms. The third kappa shape index (κ3) is 6.13. The summed E-state index contributed by atoms with van der Waals surface area (Å²) >= 11 is 0. The first-order chi connectivity index (χ1) is 15.4. The molecule has 0 radical (unpaired) electrons. The molecular formula is C26H22F4O2. The monoisotopic (exact) mass is 442 g/mol. The first-order valence-electron chi connectivity index (χ1n) is 10.4. The minimum Gasteiger partial charge on any atom is -0.454 e. The Hall–Kier alpha value is -3.28. The molecule has 2 nitrogen and oxygen atoms in total. The second-order valence-corrected chi connectivity index (χ2v) is 7.79. The van der Waals surface area contributed by atoms with Crippen molar-refractivity contribution in [2.75, 3.05) is 0 Å². The quantitative estimate of drug-likeness (QED) is 0.262. The molecular weight excluding hydrogens is 420 g/mol. The standard InChI is InChI=1S/C26H22F4O2/c27-24-16-9-18(17-25(24)31-21-6-2-1-3-7-21)5-4-8-23(19-10-11-19)20-12-14-22(15-13-20)32-26(28,29)30/h1-4,6-9,12-17,19,23H,5,10-11H2. The first kappa shape index (κ1) is 21.9. The van der Waals surface area contributed by atoms with Crippen LogP contribution in [0.5, 0.6) is 17.2 Å². The van der Waals surface area contributed by atoms with E-state index in [0.29, 0.717) is 18.1 Å². The molecule has 1 atom stereocenters. The summed E-state index contributed by atoms with van der Waals surface area (Å²) < 4.78 is 60.9. The molecule has 0 heterocycles. The van der Waals surface area contributed by atoms with Crippen molar-refractivity contribution in [1.82, 2.24) is 0 Å². The summed E-state index contributed by atoms with van der Waals surface area (Å²) in [7, 11) is 0. The van der Waals surface area contributed by atoms with Gasteiger partial charge in [-0.15, -0.1) is 13.2 Å². The van der Waals surface area contributed by atoms with E-state index in [1.54, 1.807) is 36.4 Å². The largest absolute Gasteiger partial charge is 0.573 e. The maximum atomic E-state index is 14.2. The van der Waals surface area contributed by atoms with E-state index in [4.69, 9.17) is 4.74 Å². The number of alkyl halides is 3. The molecule has 0 N–H and O–H groups in total. The molecule has 6 heteroatoms. The lowest BCUT2D eigenvalue weighted by Gasteiger charge is -2.14. The first-order valence-corrected chi connectivity index (χ1v) is 10.4. The summed E-state index contributed by atoms with van der Waals surface area (Å²) in [5.41, 5.74) is 1.85. The fourth-order valence-electron chi connectivity index (χ4n) is 3.61. The van der Waals surface area contributed by atoms with Crippen LogP contribution in [-0.2, 0) is 6.42 Å². The Balaban J connectivity index is 1.43. The van der Waals surface area contributed by atoms with Gasteiger partial charge in [0.25, 0.3) is 0 Å². The summed E-state index contributed by atoms with van der Waals surface area (Å²) in [4.78, 5) is 0. The van der Waals surface area contributed by atoms with E-state index >= 15 is 0 Å². The zero-order valence-corrected chi connectivity index (χ0v) is 17.2. The second kappa shape index (κ2) is 9.47. The fraction of sp³-hybridized carbons (Fsp3) is 0.231. The summed E-state index contributed by atoms with van der Waals surface area (Å²) in [6.45, 7) is 0. The van der Waals surface area contributed by atoms with Crippen LogP contribution < -0.4 is 9.47 Å². The molecule has 3 aromatic carbocycles. The van der Waals surface area contributed by atoms with E-state index in [0.717, 1.165) is 24.0 Å². The summed E-state index contributed by atoms with van der Waals surface area (Å²) in [5.74, 6) is 0.670. The molecule has 0 amide bonds. The number of rotatable bonds is 8. The van der Waals surface area contributed by atoms with E-state index in [1.165, 1.54) is 18.2 Å². The Morgan fingerprint density at radius 3 is 2.28 bits per heavy atom. The van der Waals surface area contributed by atoms with E-state index in [1.807, 2.05) is 24.3 Å². The van der Waals surface area contributed by atoms with Gasteiger partial charge in [0.1, 0.15) is 11.5 Å². The van der Waals surface area contributed by atoms with Crippen LogP contribution in [0, 0.1) is 11.7 Å². The van der Waals surface area contributed by atoms with Gasteiger partial charge in [-0.25, -0.2) is 4.39 Å². The van der Waals surface area contributed by atoms with Crippen molar-refractivity contribution in [1.29, 1.82) is 0 Å². The van der Waals surface area contributed by atoms with Gasteiger partial charge in [0.2, 0.25) is 0 Å². The number of benzene rings is 3. The smallest absolute Gasteiger partial charge is 0.454 e. The third-order valence-corrected chi connectivity index (χ3v) is 5.29. The fourth-order valence-corrected chi connectivity index (χ4v) is 3.61. The Morgan fingerprint density at radius 1 is 0.906 bits per heavy atom. The lowest BCUT2D eigenvalue weighted by Crippen LogP contribution is -2.17. The van der Waals surface area contributed by atoms with E-state index in [9.17, 15) is 17.6 Å². The van der Waals surface area contributed by atoms with Crippen molar-refractivity contribution in [2.24, 2.45) is 5.92 Å². The summed E-state index contributed by atoms with van der Waals surface area (Å²) in [6.07, 6.45) is 2.16. The molecule has 0 aliphatic heterocycles. The van der Waals surface area contributed by atoms with Gasteiger partial charge in [0.05, 0.1) is 0 Å². The highest BCUT2D eigenvalue weighted by atomic mass is 19.4. The predicted octanol–water partition coefficient (Wildman–Crippen LogP) is 7.81. The van der Waals surface area contributed by atoms with Crippen LogP contribution in [0.2, 0.25) is 0 Å². The molecule has 1 saturated carbocycles. The highest BCUT2D eigenvalue weighted by Gasteiger charge is 2.32. The molecule has 0 bridgehead atoms. The Kier molecular flexibility index (Phi) is 6.49. The highest BCUT2D eigenvalue weighted by Crippen LogP contribution is 2.44. The molecule has 1 fully saturated rings. The molecule has 166 valence electrons. The summed E-state index contributed by atoms with van der Waals surface area (Å²) in [5, 5.41) is 0. The van der Waals surface area contributed by atoms with Crippen molar-refractivity contribution in [3.05, 3.63) is 102 Å². The molecule has 0 saturated heterocycles. The average molecular weight is 442 g/mol. The van der Waals surface area contributed by atoms with Crippen LogP contribution in [0.1, 0.15) is 29.9 Å². The lowest BCUT2D eigenvalue weighted by molar-refractivity contribution is -0.274. The normalized spacial score (nSPS) is 15.0. The maximum absolute atomic E-state index is 14.2. The van der Waals surface area contributed by atoms with Crippen molar-refractivity contribution in [3.63, 3.8) is 0 Å². The number of ether oxygens (including phenoxy) is 2. The van der Waals surface area contributed by atoms with Crippen LogP contribution >= 0.6 is 0 Å². The Bertz CT molecular complexity index is 1060. The molecule has 0 aromatic heterocycles. The molecule has 1 aliphatic rings. The average Bonchev–Trinajstić information content (AvgIpc) is 3.59. The van der Waals surface area contributed by atoms with Gasteiger partial charge in [0.15, 0.2) is 11.6 Å². The van der Waals surface area contributed by atoms with Crippen molar-refractivity contribution >= 4 is 0 Å². The van der Waals surface area contributed by atoms with Crippen LogP contribution in [0.15, 0.2) is 84.9 Å². The van der Waals surface area contributed by atoms with E-state index < -0.39 is 12.2 Å². The molecule has 3 aromatic rings. The van der Waals surface area contributed by atoms with Crippen LogP contribution in [0.25, 0.3) is 0 Å². The number of hydrogen-bond acceptors (Lipinski definition) is 2. The van der Waals surface area contributed by atoms with Crippen molar-refractivity contribution < 1.29 is 27.0 Å². The third-order valence-electron chi connectivity index (χ3n) is 5.29. The van der Waals surface area contributed by atoms with Gasteiger partial charge in [-0.05, 0) is 72.7 Å². The second-order valence-electron chi connectivity index (χ2n) is 7.79. The topological polar surface area (TPSA) is 18.5 Å². The van der Waals surface area contributed by atoms with Gasteiger partial charge in [-0.2, -0.15) is 0 Å². The zero-order chi connectivity index (χ0) is 22.6. The molecule has 4 rings (SSSR count). The van der Waals surface area contributed by atoms with E-state index in [2.05, 4.69) is 10.8 Å². The van der Waals surface area contributed by atoms with Crippen LogP contribution in [0.3, 0.4) is 0 Å². The van der Waals surface area contributed by atoms with Gasteiger partial charge < -0.3 is 9.47 Å². The predicted molar refractivity (Wildman–Crippen MR) is 114 cm³/mol. The number of allylic oxidation sites excluding steroid dienone is 2. The zero-order valence-electron chi connectivity index (χ0n) is 17.2. The van der Waals surface area contributed by atoms with Crippen molar-refractivity contribution in [3.8, 4) is 17.2 Å². The minimum atomic E-state index is -4.70. The van der Waals surface area contributed by atoms with E-state index in [-0.39, 0.29) is 17.4 Å². The minimum absolute atomic E-state index is 0.121. The lowest BCUT2D eigenvalue weighted by atomic mass is 9.93. The number of para-hydroxylation sites is 1. The van der Waals surface area contributed by atoms with Crippen LogP contribution in [0.4, 0.5) is 17.6 Å². The SMILES string of the molecule is Fc1ccc(CC=CC(c2ccc(OC(F)(F)F)cc2)C2CC2)cc1Oc1ccccc1. The number of hydrogen-bond donors (Lipinski definition) is 0. The molecule has 1 unspecified atom stereocenters. The van der Waals surface area contributed by atoms with Gasteiger partial charge >= 0.3 is 6.36 Å². The molecule has 1 aliphatic carbocycles. The maximum Gasteiger partial charge on any atom is 0.573 e. The summed E-state index contributed by atoms with van der Waals surface area (Å²) in [6, 6.07) is 19.9. The molecule has 32 heavy (non-hydrogen) atoms. The van der Waals surface area contributed by atoms with Crippen molar-refractivity contribution in [2.45, 2.75) is 31.5 Å². The highest BCUT2D eigenvalue weighted by molar-refractivity contribution is 5.37. The van der Waals surface area contributed by atoms with Gasteiger partial charge in [-0.1, -0.05) is 48.6 Å². The van der Waals surface area contributed by atoms with Crippen LogP contribution in [-0.4, -0.2) is 6.36 Å². The van der Waals surface area contributed by atoms with Gasteiger partial charge in [0, 0.05) is 5.92 Å². The van der Waals surface area contributed by atoms with Gasteiger partial charge in [-0.3, -0.25) is 0 Å². The number of halogens is 4. The Morgan fingerprint density at radius 2 is 1.62 bits per heavy atom.